The molecule has 0 saturated heterocycles. The van der Waals surface area contributed by atoms with Gasteiger partial charge in [0.05, 0.1) is 0 Å². The number of benzene rings is 1. The summed E-state index contributed by atoms with van der Waals surface area (Å²) in [5.74, 6) is 2.02. The minimum absolute atomic E-state index is 0.564. The Morgan fingerprint density at radius 3 is 2.05 bits per heavy atom. The molecule has 20 heavy (non-hydrogen) atoms. The van der Waals surface area contributed by atoms with Crippen LogP contribution in [0.25, 0.3) is 0 Å². The van der Waals surface area contributed by atoms with E-state index in [-0.39, 0.29) is 0 Å². The summed E-state index contributed by atoms with van der Waals surface area (Å²) in [6.45, 7) is 11.3. The number of anilines is 1. The molecule has 0 N–H and O–H groups in total. The van der Waals surface area contributed by atoms with E-state index in [9.17, 15) is 0 Å². The molecule has 0 aliphatic rings. The Kier molecular flexibility index (Phi) is 7.98. The summed E-state index contributed by atoms with van der Waals surface area (Å²) in [5, 5.41) is 0. The van der Waals surface area contributed by atoms with Crippen LogP contribution in [0.1, 0.15) is 46.1 Å². The second kappa shape index (κ2) is 8.94. The highest BCUT2D eigenvalue weighted by atomic mass is 79.9. The Morgan fingerprint density at radius 2 is 1.60 bits per heavy atom. The Balaban J connectivity index is 2.89. The van der Waals surface area contributed by atoms with E-state index >= 15 is 0 Å². The molecule has 0 fully saturated rings. The SMILES string of the molecule is CC(C)CCN(CCC(C)C)c1ccc(Br)cc1CCl. The van der Waals surface area contributed by atoms with E-state index < -0.39 is 0 Å². The Bertz CT molecular complexity index is 392. The quantitative estimate of drug-likeness (QED) is 0.507. The maximum Gasteiger partial charge on any atom is 0.0494 e. The van der Waals surface area contributed by atoms with E-state index in [2.05, 4.69) is 66.7 Å². The first kappa shape index (κ1) is 17.8. The molecular formula is C17H27BrClN. The minimum atomic E-state index is 0.564. The molecule has 0 saturated carbocycles. The van der Waals surface area contributed by atoms with Crippen molar-refractivity contribution >= 4 is 33.2 Å². The van der Waals surface area contributed by atoms with Gasteiger partial charge in [-0.3, -0.25) is 0 Å². The van der Waals surface area contributed by atoms with E-state index in [4.69, 9.17) is 11.6 Å². The second-order valence-electron chi connectivity index (χ2n) is 6.26. The lowest BCUT2D eigenvalue weighted by molar-refractivity contribution is 0.535. The molecule has 0 unspecified atom stereocenters. The summed E-state index contributed by atoms with van der Waals surface area (Å²) in [4.78, 5) is 2.50. The predicted molar refractivity (Wildman–Crippen MR) is 94.8 cm³/mol. The van der Waals surface area contributed by atoms with Gasteiger partial charge in [0, 0.05) is 29.1 Å². The van der Waals surface area contributed by atoms with Crippen LogP contribution in [-0.2, 0) is 5.88 Å². The third kappa shape index (κ3) is 6.05. The van der Waals surface area contributed by atoms with Gasteiger partial charge in [-0.2, -0.15) is 0 Å². The number of nitrogens with zero attached hydrogens (tertiary/aromatic N) is 1. The molecule has 1 nitrogen and oxygen atoms in total. The Hall–Kier alpha value is -0.210. The molecule has 1 aromatic rings. The van der Waals surface area contributed by atoms with Gasteiger partial charge in [-0.15, -0.1) is 11.6 Å². The standard InChI is InChI=1S/C17H27BrClN/c1-13(2)7-9-20(10-8-14(3)4)17-6-5-16(18)11-15(17)12-19/h5-6,11,13-14H,7-10,12H2,1-4H3. The smallest absolute Gasteiger partial charge is 0.0494 e. The molecule has 3 heteroatoms. The zero-order valence-electron chi connectivity index (χ0n) is 13.1. The molecule has 0 spiro atoms. The molecule has 0 aliphatic carbocycles. The van der Waals surface area contributed by atoms with E-state index in [0.29, 0.717) is 5.88 Å². The van der Waals surface area contributed by atoms with Gasteiger partial charge >= 0.3 is 0 Å². The molecule has 0 radical (unpaired) electrons. The number of rotatable bonds is 8. The predicted octanol–water partition coefficient (Wildman–Crippen LogP) is 6.09. The van der Waals surface area contributed by atoms with E-state index in [1.807, 2.05) is 0 Å². The van der Waals surface area contributed by atoms with Crippen molar-refractivity contribution in [2.45, 2.75) is 46.4 Å². The average molecular weight is 361 g/mol. The first-order valence-corrected chi connectivity index (χ1v) is 8.86. The summed E-state index contributed by atoms with van der Waals surface area (Å²) in [6, 6.07) is 6.45. The molecule has 114 valence electrons. The van der Waals surface area contributed by atoms with Crippen LogP contribution >= 0.6 is 27.5 Å². The monoisotopic (exact) mass is 359 g/mol. The normalized spacial score (nSPS) is 11.4. The van der Waals surface area contributed by atoms with E-state index in [0.717, 1.165) is 29.4 Å². The maximum atomic E-state index is 6.13. The fraction of sp³-hybridized carbons (Fsp3) is 0.647. The van der Waals surface area contributed by atoms with Gasteiger partial charge in [-0.1, -0.05) is 43.6 Å². The average Bonchev–Trinajstić information content (AvgIpc) is 2.38. The van der Waals surface area contributed by atoms with Gasteiger partial charge in [-0.05, 0) is 48.4 Å². The Morgan fingerprint density at radius 1 is 1.05 bits per heavy atom. The number of halogens is 2. The van der Waals surface area contributed by atoms with Crippen LogP contribution in [0, 0.1) is 11.8 Å². The van der Waals surface area contributed by atoms with Crippen LogP contribution in [0.4, 0.5) is 5.69 Å². The van der Waals surface area contributed by atoms with Gasteiger partial charge in [0.1, 0.15) is 0 Å². The molecular weight excluding hydrogens is 334 g/mol. The summed E-state index contributed by atoms with van der Waals surface area (Å²) in [5.41, 5.74) is 2.51. The molecule has 0 atom stereocenters. The summed E-state index contributed by atoms with van der Waals surface area (Å²) >= 11 is 9.66. The van der Waals surface area contributed by atoms with Crippen molar-refractivity contribution in [1.82, 2.24) is 0 Å². The zero-order valence-corrected chi connectivity index (χ0v) is 15.5. The van der Waals surface area contributed by atoms with Gasteiger partial charge in [0.15, 0.2) is 0 Å². The van der Waals surface area contributed by atoms with Crippen molar-refractivity contribution in [3.8, 4) is 0 Å². The summed E-state index contributed by atoms with van der Waals surface area (Å²) in [7, 11) is 0. The minimum Gasteiger partial charge on any atom is -0.371 e. The van der Waals surface area contributed by atoms with Crippen LogP contribution in [0.3, 0.4) is 0 Å². The van der Waals surface area contributed by atoms with Crippen molar-refractivity contribution in [1.29, 1.82) is 0 Å². The third-order valence-corrected chi connectivity index (χ3v) is 4.26. The van der Waals surface area contributed by atoms with Crippen molar-refractivity contribution < 1.29 is 0 Å². The maximum absolute atomic E-state index is 6.13. The Labute approximate surface area is 137 Å². The highest BCUT2D eigenvalue weighted by Crippen LogP contribution is 2.27. The molecule has 0 bridgehead atoms. The van der Waals surface area contributed by atoms with Crippen molar-refractivity contribution in [3.63, 3.8) is 0 Å². The fourth-order valence-corrected chi connectivity index (χ4v) is 2.77. The topological polar surface area (TPSA) is 3.24 Å². The summed E-state index contributed by atoms with van der Waals surface area (Å²) < 4.78 is 1.10. The lowest BCUT2D eigenvalue weighted by Crippen LogP contribution is -2.28. The molecule has 0 heterocycles. The van der Waals surface area contributed by atoms with Gasteiger partial charge in [-0.25, -0.2) is 0 Å². The molecule has 0 aliphatic heterocycles. The van der Waals surface area contributed by atoms with E-state index in [1.165, 1.54) is 24.1 Å². The van der Waals surface area contributed by atoms with Crippen molar-refractivity contribution in [2.75, 3.05) is 18.0 Å². The fourth-order valence-electron chi connectivity index (χ4n) is 2.15. The van der Waals surface area contributed by atoms with Gasteiger partial charge in [0.25, 0.3) is 0 Å². The largest absolute Gasteiger partial charge is 0.371 e. The summed E-state index contributed by atoms with van der Waals surface area (Å²) in [6.07, 6.45) is 2.44. The second-order valence-corrected chi connectivity index (χ2v) is 7.44. The van der Waals surface area contributed by atoms with Crippen LogP contribution in [-0.4, -0.2) is 13.1 Å². The van der Waals surface area contributed by atoms with Gasteiger partial charge in [0.2, 0.25) is 0 Å². The van der Waals surface area contributed by atoms with Crippen LogP contribution in [0.15, 0.2) is 22.7 Å². The van der Waals surface area contributed by atoms with E-state index in [1.54, 1.807) is 0 Å². The molecule has 1 rings (SSSR count). The highest BCUT2D eigenvalue weighted by Gasteiger charge is 2.12. The highest BCUT2D eigenvalue weighted by molar-refractivity contribution is 9.10. The number of hydrogen-bond donors (Lipinski definition) is 0. The first-order chi connectivity index (χ1) is 9.43. The third-order valence-electron chi connectivity index (χ3n) is 3.48. The molecule has 0 aromatic heterocycles. The number of hydrogen-bond acceptors (Lipinski definition) is 1. The van der Waals surface area contributed by atoms with Crippen molar-refractivity contribution in [3.05, 3.63) is 28.2 Å². The van der Waals surface area contributed by atoms with Crippen LogP contribution in [0.5, 0.6) is 0 Å². The van der Waals surface area contributed by atoms with Crippen LogP contribution < -0.4 is 4.90 Å². The van der Waals surface area contributed by atoms with Gasteiger partial charge < -0.3 is 4.90 Å². The number of alkyl halides is 1. The first-order valence-electron chi connectivity index (χ1n) is 7.53. The van der Waals surface area contributed by atoms with Crippen molar-refractivity contribution in [2.24, 2.45) is 11.8 Å². The molecule has 0 amide bonds. The molecule has 1 aromatic carbocycles. The zero-order chi connectivity index (χ0) is 15.1. The van der Waals surface area contributed by atoms with Crippen LogP contribution in [0.2, 0.25) is 0 Å². The lowest BCUT2D eigenvalue weighted by Gasteiger charge is -2.28. The lowest BCUT2D eigenvalue weighted by atomic mass is 10.1.